The molecule has 0 bridgehead atoms. The lowest BCUT2D eigenvalue weighted by molar-refractivity contribution is -0.118. The van der Waals surface area contributed by atoms with Crippen molar-refractivity contribution in [2.75, 3.05) is 11.9 Å². The number of aliphatic imine (C=N–C) groups is 1. The van der Waals surface area contributed by atoms with Gasteiger partial charge in [-0.3, -0.25) is 9.59 Å². The molecule has 0 atom stereocenters. The molecule has 0 aliphatic carbocycles. The largest absolute Gasteiger partial charge is 0.484 e. The fraction of sp³-hybridized carbons (Fsp3) is 0.115. The first kappa shape index (κ1) is 22.4. The summed E-state index contributed by atoms with van der Waals surface area (Å²) in [6, 6.07) is 22.5. The summed E-state index contributed by atoms with van der Waals surface area (Å²) >= 11 is 1.30. The molecule has 33 heavy (non-hydrogen) atoms. The highest BCUT2D eigenvalue weighted by molar-refractivity contribution is 8.18. The second-order valence-corrected chi connectivity index (χ2v) is 8.55. The molecule has 4 rings (SSSR count). The van der Waals surface area contributed by atoms with Crippen molar-refractivity contribution >= 4 is 46.2 Å². The van der Waals surface area contributed by atoms with E-state index >= 15 is 0 Å². The number of carbonyl (C=O) groups excluding carboxylic acids is 2. The molecular formula is C26H23N3O3S. The number of thioether (sulfide) groups is 1. The number of benzene rings is 3. The third kappa shape index (κ3) is 6.11. The fourth-order valence-corrected chi connectivity index (χ4v) is 3.92. The molecule has 0 unspecified atom stereocenters. The van der Waals surface area contributed by atoms with E-state index in [1.54, 1.807) is 18.2 Å². The smallest absolute Gasteiger partial charge is 0.264 e. The molecule has 1 heterocycles. The number of ether oxygens (including phenoxy) is 1. The van der Waals surface area contributed by atoms with Crippen molar-refractivity contribution in [1.82, 2.24) is 5.32 Å². The van der Waals surface area contributed by atoms with Gasteiger partial charge in [0.05, 0.1) is 10.6 Å². The molecule has 3 aromatic rings. The van der Waals surface area contributed by atoms with Crippen molar-refractivity contribution in [1.29, 1.82) is 0 Å². The van der Waals surface area contributed by atoms with Crippen LogP contribution >= 0.6 is 11.8 Å². The molecule has 1 aliphatic rings. The summed E-state index contributed by atoms with van der Waals surface area (Å²) in [5.41, 5.74) is 4.67. The van der Waals surface area contributed by atoms with Crippen molar-refractivity contribution in [3.63, 3.8) is 0 Å². The fourth-order valence-electron chi connectivity index (χ4n) is 3.08. The minimum atomic E-state index is -0.228. The molecule has 2 N–H and O–H groups in total. The maximum Gasteiger partial charge on any atom is 0.264 e. The van der Waals surface area contributed by atoms with Crippen LogP contribution in [0.2, 0.25) is 0 Å². The summed E-state index contributed by atoms with van der Waals surface area (Å²) in [5, 5.41) is 6.16. The summed E-state index contributed by atoms with van der Waals surface area (Å²) in [6.45, 7) is 3.94. The normalized spacial score (nSPS) is 15.5. The molecule has 6 nitrogen and oxygen atoms in total. The Hall–Kier alpha value is -3.84. The van der Waals surface area contributed by atoms with Gasteiger partial charge < -0.3 is 15.4 Å². The van der Waals surface area contributed by atoms with Crippen LogP contribution in [0.5, 0.6) is 5.75 Å². The topological polar surface area (TPSA) is 79.8 Å². The number of anilines is 1. The van der Waals surface area contributed by atoms with Crippen molar-refractivity contribution in [2.45, 2.75) is 13.8 Å². The Kier molecular flexibility index (Phi) is 6.90. The van der Waals surface area contributed by atoms with Gasteiger partial charge in [0.15, 0.2) is 11.8 Å². The maximum atomic E-state index is 12.3. The zero-order chi connectivity index (χ0) is 23.2. The van der Waals surface area contributed by atoms with Gasteiger partial charge >= 0.3 is 0 Å². The number of hydrogen-bond donors (Lipinski definition) is 2. The molecule has 7 heteroatoms. The SMILES string of the molecule is Cc1ccc(NC(=O)COc2ccc(C=C3SC(=Nc4ccccc4)NC3=O)cc2)cc1C. The average molecular weight is 458 g/mol. The van der Waals surface area contributed by atoms with E-state index in [0.29, 0.717) is 15.8 Å². The Morgan fingerprint density at radius 3 is 2.52 bits per heavy atom. The molecular weight excluding hydrogens is 434 g/mol. The number of para-hydroxylation sites is 1. The summed E-state index contributed by atoms with van der Waals surface area (Å²) in [4.78, 5) is 29.4. The van der Waals surface area contributed by atoms with Crippen molar-refractivity contribution in [3.05, 3.63) is 94.4 Å². The van der Waals surface area contributed by atoms with Gasteiger partial charge in [-0.1, -0.05) is 36.4 Å². The number of nitrogens with zero attached hydrogens (tertiary/aromatic N) is 1. The zero-order valence-electron chi connectivity index (χ0n) is 18.3. The second-order valence-electron chi connectivity index (χ2n) is 7.52. The highest BCUT2D eigenvalue weighted by Crippen LogP contribution is 2.28. The van der Waals surface area contributed by atoms with Gasteiger partial charge in [-0.25, -0.2) is 4.99 Å². The number of hydrogen-bond acceptors (Lipinski definition) is 5. The Morgan fingerprint density at radius 1 is 1.03 bits per heavy atom. The van der Waals surface area contributed by atoms with E-state index < -0.39 is 0 Å². The van der Waals surface area contributed by atoms with Crippen LogP contribution in [0.1, 0.15) is 16.7 Å². The first-order chi connectivity index (χ1) is 16.0. The molecule has 2 amide bonds. The second kappa shape index (κ2) is 10.2. The molecule has 1 fully saturated rings. The van der Waals surface area contributed by atoms with Gasteiger partial charge in [-0.05, 0) is 84.8 Å². The molecule has 0 spiro atoms. The molecule has 1 aliphatic heterocycles. The van der Waals surface area contributed by atoms with Gasteiger partial charge in [-0.15, -0.1) is 0 Å². The first-order valence-corrected chi connectivity index (χ1v) is 11.2. The third-order valence-electron chi connectivity index (χ3n) is 4.98. The van der Waals surface area contributed by atoms with Gasteiger partial charge in [0.2, 0.25) is 0 Å². The van der Waals surface area contributed by atoms with E-state index in [0.717, 1.165) is 22.5 Å². The molecule has 0 saturated carbocycles. The van der Waals surface area contributed by atoms with E-state index in [4.69, 9.17) is 4.74 Å². The van der Waals surface area contributed by atoms with Crippen LogP contribution in [0.4, 0.5) is 11.4 Å². The molecule has 3 aromatic carbocycles. The highest BCUT2D eigenvalue weighted by atomic mass is 32.2. The number of aryl methyl sites for hydroxylation is 2. The highest BCUT2D eigenvalue weighted by Gasteiger charge is 2.23. The van der Waals surface area contributed by atoms with Gasteiger partial charge in [0.1, 0.15) is 5.75 Å². The lowest BCUT2D eigenvalue weighted by atomic mass is 10.1. The third-order valence-corrected chi connectivity index (χ3v) is 5.89. The predicted octanol–water partition coefficient (Wildman–Crippen LogP) is 5.21. The summed E-state index contributed by atoms with van der Waals surface area (Å²) < 4.78 is 5.59. The number of nitrogens with one attached hydrogen (secondary N) is 2. The standard InChI is InChI=1S/C26H23N3O3S/c1-17-8-11-21(14-18(17)2)27-24(30)16-32-22-12-9-19(10-13-22)15-23-25(31)29-26(33-23)28-20-6-4-3-5-7-20/h3-15H,16H2,1-2H3,(H,27,30)(H,28,29,31). The van der Waals surface area contributed by atoms with Crippen LogP contribution < -0.4 is 15.4 Å². The van der Waals surface area contributed by atoms with Crippen molar-refractivity contribution in [3.8, 4) is 5.75 Å². The van der Waals surface area contributed by atoms with Crippen molar-refractivity contribution < 1.29 is 14.3 Å². The monoisotopic (exact) mass is 457 g/mol. The van der Waals surface area contributed by atoms with Crippen LogP contribution in [-0.2, 0) is 9.59 Å². The van der Waals surface area contributed by atoms with E-state index in [1.807, 2.05) is 74.5 Å². The molecule has 1 saturated heterocycles. The Bertz CT molecular complexity index is 1240. The minimum absolute atomic E-state index is 0.0923. The van der Waals surface area contributed by atoms with E-state index in [1.165, 1.54) is 17.3 Å². The van der Waals surface area contributed by atoms with Crippen LogP contribution in [0.25, 0.3) is 6.08 Å². The Labute approximate surface area is 196 Å². The van der Waals surface area contributed by atoms with Crippen LogP contribution in [0.15, 0.2) is 82.7 Å². The number of carbonyl (C=O) groups is 2. The number of amides is 2. The van der Waals surface area contributed by atoms with Crippen molar-refractivity contribution in [2.24, 2.45) is 4.99 Å². The van der Waals surface area contributed by atoms with E-state index in [2.05, 4.69) is 15.6 Å². The Balaban J connectivity index is 1.33. The summed E-state index contributed by atoms with van der Waals surface area (Å²) in [7, 11) is 0. The lowest BCUT2D eigenvalue weighted by Crippen LogP contribution is -2.20. The van der Waals surface area contributed by atoms with Crippen LogP contribution in [-0.4, -0.2) is 23.6 Å². The molecule has 0 aromatic heterocycles. The first-order valence-electron chi connectivity index (χ1n) is 10.4. The minimum Gasteiger partial charge on any atom is -0.484 e. The molecule has 166 valence electrons. The lowest BCUT2D eigenvalue weighted by Gasteiger charge is -2.09. The summed E-state index contributed by atoms with van der Waals surface area (Å²) in [6.07, 6.45) is 1.80. The van der Waals surface area contributed by atoms with E-state index in [9.17, 15) is 9.59 Å². The van der Waals surface area contributed by atoms with Gasteiger partial charge in [0.25, 0.3) is 11.8 Å². The van der Waals surface area contributed by atoms with Gasteiger partial charge in [0, 0.05) is 5.69 Å². The maximum absolute atomic E-state index is 12.3. The van der Waals surface area contributed by atoms with Crippen LogP contribution in [0.3, 0.4) is 0 Å². The Morgan fingerprint density at radius 2 is 1.79 bits per heavy atom. The van der Waals surface area contributed by atoms with Gasteiger partial charge in [-0.2, -0.15) is 0 Å². The zero-order valence-corrected chi connectivity index (χ0v) is 19.1. The average Bonchev–Trinajstić information content (AvgIpc) is 3.15. The quantitative estimate of drug-likeness (QED) is 0.498. The van der Waals surface area contributed by atoms with Crippen LogP contribution in [0, 0.1) is 13.8 Å². The number of rotatable bonds is 6. The predicted molar refractivity (Wildman–Crippen MR) is 134 cm³/mol. The summed E-state index contributed by atoms with van der Waals surface area (Å²) in [5.74, 6) is 0.161. The van der Waals surface area contributed by atoms with E-state index in [-0.39, 0.29) is 18.4 Å². The number of amidine groups is 1. The molecule has 0 radical (unpaired) electrons.